The normalized spacial score (nSPS) is 13.1. The Morgan fingerprint density at radius 1 is 1.09 bits per heavy atom. The highest BCUT2D eigenvalue weighted by atomic mass is 19.1. The second kappa shape index (κ2) is 6.51. The van der Waals surface area contributed by atoms with Crippen LogP contribution < -0.4 is 0 Å². The molecule has 0 aliphatic carbocycles. The van der Waals surface area contributed by atoms with Crippen molar-refractivity contribution in [1.82, 2.24) is 0 Å². The Bertz CT molecular complexity index is 626. The molecule has 2 aromatic rings. The van der Waals surface area contributed by atoms with E-state index >= 15 is 0 Å². The Kier molecular flexibility index (Phi) is 4.90. The molecule has 2 heteroatoms. The maximum atomic E-state index is 14.3. The lowest BCUT2D eigenvalue weighted by Crippen LogP contribution is -2.18. The summed E-state index contributed by atoms with van der Waals surface area (Å²) in [4.78, 5) is 0. The number of phenolic OH excluding ortho intramolecular Hbond substituents is 1. The molecular weight excluding hydrogens is 275 g/mol. The van der Waals surface area contributed by atoms with E-state index in [1.165, 1.54) is 6.07 Å². The van der Waals surface area contributed by atoms with Crippen molar-refractivity contribution in [3.05, 3.63) is 53.8 Å². The molecule has 0 aliphatic rings. The van der Waals surface area contributed by atoms with Crippen LogP contribution in [-0.4, -0.2) is 5.11 Å². The quantitative estimate of drug-likeness (QED) is 0.720. The van der Waals surface area contributed by atoms with E-state index in [2.05, 4.69) is 27.7 Å². The third kappa shape index (κ3) is 3.49. The molecule has 0 spiro atoms. The van der Waals surface area contributed by atoms with Crippen molar-refractivity contribution in [2.45, 2.75) is 46.5 Å². The van der Waals surface area contributed by atoms with Gasteiger partial charge in [0.15, 0.2) is 11.6 Å². The van der Waals surface area contributed by atoms with Gasteiger partial charge in [-0.05, 0) is 41.0 Å². The van der Waals surface area contributed by atoms with Crippen LogP contribution in [-0.2, 0) is 0 Å². The summed E-state index contributed by atoms with van der Waals surface area (Å²) < 4.78 is 14.3. The highest BCUT2D eigenvalue weighted by molar-refractivity contribution is 5.71. The zero-order valence-corrected chi connectivity index (χ0v) is 13.9. The van der Waals surface area contributed by atoms with Crippen molar-refractivity contribution < 1.29 is 9.50 Å². The third-order valence-electron chi connectivity index (χ3n) is 4.20. The number of benzene rings is 2. The van der Waals surface area contributed by atoms with Gasteiger partial charge in [0.2, 0.25) is 0 Å². The first-order chi connectivity index (χ1) is 10.3. The molecule has 2 aromatic carbocycles. The molecule has 0 heterocycles. The van der Waals surface area contributed by atoms with Gasteiger partial charge in [-0.3, -0.25) is 0 Å². The molecule has 1 unspecified atom stereocenters. The summed E-state index contributed by atoms with van der Waals surface area (Å²) in [5, 5.41) is 10.1. The van der Waals surface area contributed by atoms with Gasteiger partial charge in [-0.1, -0.05) is 64.4 Å². The predicted molar refractivity (Wildman–Crippen MR) is 90.6 cm³/mol. The molecule has 1 N–H and O–H groups in total. The maximum Gasteiger partial charge on any atom is 0.165 e. The molecular formula is C20H25FO. The second-order valence-corrected chi connectivity index (χ2v) is 6.97. The number of hydrogen-bond acceptors (Lipinski definition) is 1. The van der Waals surface area contributed by atoms with E-state index in [1.54, 1.807) is 0 Å². The largest absolute Gasteiger partial charge is 0.504 e. The van der Waals surface area contributed by atoms with Gasteiger partial charge in [-0.25, -0.2) is 4.39 Å². The second-order valence-electron chi connectivity index (χ2n) is 6.97. The van der Waals surface area contributed by atoms with Crippen LogP contribution in [0.15, 0.2) is 42.5 Å². The van der Waals surface area contributed by atoms with Crippen LogP contribution in [0.3, 0.4) is 0 Å². The van der Waals surface area contributed by atoms with Gasteiger partial charge >= 0.3 is 0 Å². The Hall–Kier alpha value is -1.83. The van der Waals surface area contributed by atoms with Crippen LogP contribution in [0, 0.1) is 11.2 Å². The summed E-state index contributed by atoms with van der Waals surface area (Å²) in [5.74, 6) is -0.545. The lowest BCUT2D eigenvalue weighted by atomic mass is 9.73. The van der Waals surface area contributed by atoms with Gasteiger partial charge in [-0.2, -0.15) is 0 Å². The van der Waals surface area contributed by atoms with Gasteiger partial charge < -0.3 is 5.11 Å². The summed E-state index contributed by atoms with van der Waals surface area (Å²) in [6, 6.07) is 12.9. The summed E-state index contributed by atoms with van der Waals surface area (Å²) in [6.45, 7) is 8.69. The van der Waals surface area contributed by atoms with Crippen LogP contribution in [0.1, 0.15) is 52.0 Å². The molecule has 1 atom stereocenters. The van der Waals surface area contributed by atoms with E-state index in [4.69, 9.17) is 0 Å². The van der Waals surface area contributed by atoms with E-state index in [1.807, 2.05) is 36.4 Å². The SMILES string of the molecule is CCCC(c1cc(F)c(O)c(-c2ccccc2)c1)C(C)(C)C. The van der Waals surface area contributed by atoms with Crippen molar-refractivity contribution in [1.29, 1.82) is 0 Å². The summed E-state index contributed by atoms with van der Waals surface area (Å²) in [5.41, 5.74) is 2.42. The Balaban J connectivity index is 2.57. The van der Waals surface area contributed by atoms with Crippen LogP contribution in [0.5, 0.6) is 5.75 Å². The minimum absolute atomic E-state index is 0.0490. The standard InChI is InChI=1S/C20H25FO/c1-5-9-17(20(2,3)4)15-12-16(19(22)18(21)13-15)14-10-7-6-8-11-14/h6-8,10-13,17,22H,5,9H2,1-4H3. The molecule has 0 aromatic heterocycles. The summed E-state index contributed by atoms with van der Waals surface area (Å²) in [7, 11) is 0. The average molecular weight is 300 g/mol. The number of halogens is 1. The topological polar surface area (TPSA) is 20.2 Å². The number of phenols is 1. The van der Waals surface area contributed by atoms with Gasteiger partial charge in [0.25, 0.3) is 0 Å². The minimum Gasteiger partial charge on any atom is -0.504 e. The lowest BCUT2D eigenvalue weighted by molar-refractivity contribution is 0.302. The maximum absolute atomic E-state index is 14.3. The van der Waals surface area contributed by atoms with Crippen molar-refractivity contribution >= 4 is 0 Å². The Morgan fingerprint density at radius 3 is 2.27 bits per heavy atom. The molecule has 118 valence electrons. The fourth-order valence-corrected chi connectivity index (χ4v) is 3.05. The Morgan fingerprint density at radius 2 is 1.73 bits per heavy atom. The number of rotatable bonds is 4. The number of aromatic hydroxyl groups is 1. The fraction of sp³-hybridized carbons (Fsp3) is 0.400. The van der Waals surface area contributed by atoms with Crippen molar-refractivity contribution in [3.63, 3.8) is 0 Å². The average Bonchev–Trinajstić information content (AvgIpc) is 2.47. The van der Waals surface area contributed by atoms with Gasteiger partial charge in [-0.15, -0.1) is 0 Å². The molecule has 0 amide bonds. The van der Waals surface area contributed by atoms with Crippen LogP contribution in [0.2, 0.25) is 0 Å². The zero-order valence-electron chi connectivity index (χ0n) is 13.9. The molecule has 0 bridgehead atoms. The van der Waals surface area contributed by atoms with Crippen LogP contribution in [0.4, 0.5) is 4.39 Å². The third-order valence-corrected chi connectivity index (χ3v) is 4.20. The summed E-state index contributed by atoms with van der Waals surface area (Å²) >= 11 is 0. The summed E-state index contributed by atoms with van der Waals surface area (Å²) in [6.07, 6.45) is 2.05. The van der Waals surface area contributed by atoms with Crippen molar-refractivity contribution in [2.75, 3.05) is 0 Å². The molecule has 2 rings (SSSR count). The minimum atomic E-state index is -0.540. The van der Waals surface area contributed by atoms with Gasteiger partial charge in [0, 0.05) is 5.56 Å². The van der Waals surface area contributed by atoms with E-state index in [9.17, 15) is 9.50 Å². The van der Waals surface area contributed by atoms with E-state index in [0.29, 0.717) is 5.56 Å². The Labute approximate surface area is 132 Å². The monoisotopic (exact) mass is 300 g/mol. The zero-order chi connectivity index (χ0) is 16.3. The number of hydrogen-bond donors (Lipinski definition) is 1. The first-order valence-corrected chi connectivity index (χ1v) is 7.92. The smallest absolute Gasteiger partial charge is 0.165 e. The molecule has 0 radical (unpaired) electrons. The highest BCUT2D eigenvalue weighted by Gasteiger charge is 2.27. The first kappa shape index (κ1) is 16.5. The van der Waals surface area contributed by atoms with Crippen LogP contribution in [0.25, 0.3) is 11.1 Å². The molecule has 22 heavy (non-hydrogen) atoms. The lowest BCUT2D eigenvalue weighted by Gasteiger charge is -2.31. The van der Waals surface area contributed by atoms with E-state index < -0.39 is 5.82 Å². The highest BCUT2D eigenvalue weighted by Crippen LogP contribution is 2.42. The van der Waals surface area contributed by atoms with Crippen molar-refractivity contribution in [2.24, 2.45) is 5.41 Å². The van der Waals surface area contributed by atoms with E-state index in [-0.39, 0.29) is 17.1 Å². The molecule has 0 saturated heterocycles. The fourth-order valence-electron chi connectivity index (χ4n) is 3.05. The predicted octanol–water partition coefficient (Wildman–Crippen LogP) is 6.13. The molecule has 0 aliphatic heterocycles. The first-order valence-electron chi connectivity index (χ1n) is 7.92. The van der Waals surface area contributed by atoms with Crippen LogP contribution >= 0.6 is 0 Å². The molecule has 1 nitrogen and oxygen atoms in total. The van der Waals surface area contributed by atoms with Gasteiger partial charge in [0.1, 0.15) is 0 Å². The van der Waals surface area contributed by atoms with Crippen molar-refractivity contribution in [3.8, 4) is 16.9 Å². The van der Waals surface area contributed by atoms with Gasteiger partial charge in [0.05, 0.1) is 0 Å². The van der Waals surface area contributed by atoms with E-state index in [0.717, 1.165) is 24.0 Å². The molecule has 0 saturated carbocycles. The molecule has 0 fully saturated rings.